The Kier molecular flexibility index (Phi) is 4.24. The quantitative estimate of drug-likeness (QED) is 0.805. The van der Waals surface area contributed by atoms with Crippen LogP contribution in [0.4, 0.5) is 11.5 Å². The van der Waals surface area contributed by atoms with Crippen molar-refractivity contribution in [3.05, 3.63) is 46.5 Å². The number of hydrogen-bond donors (Lipinski definition) is 2. The highest BCUT2D eigenvalue weighted by Gasteiger charge is 2.16. The van der Waals surface area contributed by atoms with Gasteiger partial charge in [-0.1, -0.05) is 18.2 Å². The van der Waals surface area contributed by atoms with Crippen molar-refractivity contribution < 1.29 is 4.74 Å². The summed E-state index contributed by atoms with van der Waals surface area (Å²) in [4.78, 5) is 20.4. The van der Waals surface area contributed by atoms with Crippen molar-refractivity contribution in [2.24, 2.45) is 0 Å². The third kappa shape index (κ3) is 2.74. The Hall–Kier alpha value is -2.50. The van der Waals surface area contributed by atoms with Crippen LogP contribution >= 0.6 is 0 Å². The maximum Gasteiger partial charge on any atom is 0.295 e. The van der Waals surface area contributed by atoms with Crippen molar-refractivity contribution in [3.8, 4) is 5.75 Å². The van der Waals surface area contributed by atoms with Crippen LogP contribution in [0.25, 0.3) is 0 Å². The molecule has 1 aromatic carbocycles. The third-order valence-electron chi connectivity index (χ3n) is 3.09. The number of ether oxygens (including phenoxy) is 1. The fourth-order valence-electron chi connectivity index (χ4n) is 2.01. The number of aromatic amines is 1. The smallest absolute Gasteiger partial charge is 0.295 e. The van der Waals surface area contributed by atoms with Crippen molar-refractivity contribution in [2.75, 3.05) is 24.3 Å². The molecule has 0 saturated carbocycles. The molecular weight excluding hydrogens is 256 g/mol. The molecule has 2 rings (SSSR count). The number of hydrogen-bond acceptors (Lipinski definition) is 5. The number of nitrogen functional groups attached to an aromatic ring is 1. The van der Waals surface area contributed by atoms with Gasteiger partial charge in [0.1, 0.15) is 0 Å². The van der Waals surface area contributed by atoms with Crippen LogP contribution in [-0.2, 0) is 6.54 Å². The summed E-state index contributed by atoms with van der Waals surface area (Å²) in [5.74, 6) is 0.728. The number of rotatable bonds is 5. The topological polar surface area (TPSA) is 84.2 Å². The van der Waals surface area contributed by atoms with Crippen LogP contribution in [0.2, 0.25) is 0 Å². The van der Waals surface area contributed by atoms with E-state index in [9.17, 15) is 4.79 Å². The van der Waals surface area contributed by atoms with E-state index in [0.717, 1.165) is 11.3 Å². The molecule has 2 aromatic rings. The lowest BCUT2D eigenvalue weighted by Gasteiger charge is -2.23. The summed E-state index contributed by atoms with van der Waals surface area (Å²) in [6.45, 7) is 3.23. The normalized spacial score (nSPS) is 10.3. The van der Waals surface area contributed by atoms with Gasteiger partial charge in [-0.3, -0.25) is 4.79 Å². The third-order valence-corrected chi connectivity index (χ3v) is 3.09. The van der Waals surface area contributed by atoms with E-state index >= 15 is 0 Å². The highest BCUT2D eigenvalue weighted by atomic mass is 16.5. The number of methoxy groups -OCH3 is 1. The maximum absolute atomic E-state index is 11.7. The predicted octanol–water partition coefficient (Wildman–Crippen LogP) is 1.39. The molecule has 0 aliphatic rings. The molecule has 0 radical (unpaired) electrons. The molecule has 3 N–H and O–H groups in total. The van der Waals surface area contributed by atoms with Gasteiger partial charge in [0.2, 0.25) is 5.75 Å². The van der Waals surface area contributed by atoms with Gasteiger partial charge in [0.25, 0.3) is 5.56 Å². The fourth-order valence-corrected chi connectivity index (χ4v) is 2.01. The molecule has 20 heavy (non-hydrogen) atoms. The first-order valence-corrected chi connectivity index (χ1v) is 6.37. The van der Waals surface area contributed by atoms with Crippen LogP contribution in [0.5, 0.6) is 5.75 Å². The zero-order chi connectivity index (χ0) is 14.5. The molecule has 0 bridgehead atoms. The molecule has 0 aliphatic heterocycles. The second-order valence-electron chi connectivity index (χ2n) is 4.30. The molecule has 0 amide bonds. The van der Waals surface area contributed by atoms with Gasteiger partial charge in [-0.2, -0.15) is 0 Å². The van der Waals surface area contributed by atoms with Crippen molar-refractivity contribution in [1.82, 2.24) is 9.97 Å². The fraction of sp³-hybridized carbons (Fsp3) is 0.286. The van der Waals surface area contributed by atoms with Gasteiger partial charge in [-0.15, -0.1) is 0 Å². The highest BCUT2D eigenvalue weighted by molar-refractivity contribution is 5.54. The largest absolute Gasteiger partial charge is 0.489 e. The number of benzene rings is 1. The van der Waals surface area contributed by atoms with Crippen LogP contribution < -0.4 is 20.9 Å². The summed E-state index contributed by atoms with van der Waals surface area (Å²) in [5.41, 5.74) is 7.36. The molecule has 1 aromatic heterocycles. The Labute approximate surface area is 117 Å². The average Bonchev–Trinajstić information content (AvgIpc) is 2.46. The summed E-state index contributed by atoms with van der Waals surface area (Å²) in [5, 5.41) is 0. The van der Waals surface area contributed by atoms with Crippen LogP contribution in [-0.4, -0.2) is 23.6 Å². The first-order valence-electron chi connectivity index (χ1n) is 6.37. The molecule has 0 unspecified atom stereocenters. The van der Waals surface area contributed by atoms with Crippen molar-refractivity contribution in [3.63, 3.8) is 0 Å². The SMILES string of the molecule is CCN(Cc1ccccc1N)c1nc[nH]c(=O)c1OC. The van der Waals surface area contributed by atoms with Gasteiger partial charge in [0.15, 0.2) is 5.82 Å². The predicted molar refractivity (Wildman–Crippen MR) is 79.0 cm³/mol. The minimum Gasteiger partial charge on any atom is -0.489 e. The Morgan fingerprint density at radius 2 is 2.15 bits per heavy atom. The summed E-state index contributed by atoms with van der Waals surface area (Å²) in [6, 6.07) is 7.63. The number of nitrogens with one attached hydrogen (secondary N) is 1. The number of aromatic nitrogens is 2. The van der Waals surface area contributed by atoms with Crippen LogP contribution in [0.15, 0.2) is 35.4 Å². The second-order valence-corrected chi connectivity index (χ2v) is 4.30. The number of nitrogens with zero attached hydrogens (tertiary/aromatic N) is 2. The minimum atomic E-state index is -0.294. The zero-order valence-corrected chi connectivity index (χ0v) is 11.6. The van der Waals surface area contributed by atoms with Gasteiger partial charge in [-0.05, 0) is 18.6 Å². The number of para-hydroxylation sites is 1. The Morgan fingerprint density at radius 1 is 1.40 bits per heavy atom. The number of H-pyrrole nitrogens is 1. The lowest BCUT2D eigenvalue weighted by molar-refractivity contribution is 0.405. The number of anilines is 2. The summed E-state index contributed by atoms with van der Waals surface area (Å²) in [6.07, 6.45) is 1.37. The van der Waals surface area contributed by atoms with Crippen LogP contribution in [0.1, 0.15) is 12.5 Å². The standard InChI is InChI=1S/C14H18N4O2/c1-3-18(8-10-6-4-5-7-11(10)15)13-12(20-2)14(19)17-9-16-13/h4-7,9H,3,8,15H2,1-2H3,(H,16,17,19). The first kappa shape index (κ1) is 13.9. The van der Waals surface area contributed by atoms with Crippen LogP contribution in [0.3, 0.4) is 0 Å². The molecule has 6 heteroatoms. The lowest BCUT2D eigenvalue weighted by atomic mass is 10.1. The van der Waals surface area contributed by atoms with Gasteiger partial charge in [0, 0.05) is 18.8 Å². The Balaban J connectivity index is 2.36. The molecule has 1 heterocycles. The number of nitrogens with two attached hydrogens (primary N) is 1. The summed E-state index contributed by atoms with van der Waals surface area (Å²) >= 11 is 0. The Morgan fingerprint density at radius 3 is 2.80 bits per heavy atom. The molecule has 0 fully saturated rings. The maximum atomic E-state index is 11.7. The zero-order valence-electron chi connectivity index (χ0n) is 11.6. The minimum absolute atomic E-state index is 0.212. The highest BCUT2D eigenvalue weighted by Crippen LogP contribution is 2.23. The Bertz CT molecular complexity index is 639. The second kappa shape index (κ2) is 6.10. The monoisotopic (exact) mass is 274 g/mol. The molecule has 0 saturated heterocycles. The van der Waals surface area contributed by atoms with Gasteiger partial charge < -0.3 is 20.4 Å². The summed E-state index contributed by atoms with van der Waals surface area (Å²) in [7, 11) is 1.46. The van der Waals surface area contributed by atoms with Gasteiger partial charge in [0.05, 0.1) is 13.4 Å². The van der Waals surface area contributed by atoms with E-state index in [1.807, 2.05) is 36.1 Å². The molecule has 0 atom stereocenters. The van der Waals surface area contributed by atoms with Gasteiger partial charge >= 0.3 is 0 Å². The van der Waals surface area contributed by atoms with Crippen molar-refractivity contribution in [2.45, 2.75) is 13.5 Å². The summed E-state index contributed by atoms with van der Waals surface area (Å²) < 4.78 is 5.15. The van der Waals surface area contributed by atoms with Crippen LogP contribution in [0, 0.1) is 0 Å². The first-order chi connectivity index (χ1) is 9.67. The molecular formula is C14H18N4O2. The average molecular weight is 274 g/mol. The molecule has 0 aliphatic carbocycles. The van der Waals surface area contributed by atoms with Crippen molar-refractivity contribution in [1.29, 1.82) is 0 Å². The van der Waals surface area contributed by atoms with E-state index in [2.05, 4.69) is 9.97 Å². The van der Waals surface area contributed by atoms with E-state index in [1.54, 1.807) is 0 Å². The molecule has 6 nitrogen and oxygen atoms in total. The van der Waals surface area contributed by atoms with E-state index in [0.29, 0.717) is 18.9 Å². The molecule has 106 valence electrons. The van der Waals surface area contributed by atoms with E-state index in [1.165, 1.54) is 13.4 Å². The van der Waals surface area contributed by atoms with E-state index < -0.39 is 0 Å². The van der Waals surface area contributed by atoms with Crippen molar-refractivity contribution >= 4 is 11.5 Å². The van der Waals surface area contributed by atoms with E-state index in [-0.39, 0.29) is 11.3 Å². The van der Waals surface area contributed by atoms with Gasteiger partial charge in [-0.25, -0.2) is 4.98 Å². The lowest BCUT2D eigenvalue weighted by Crippen LogP contribution is -2.26. The molecule has 0 spiro atoms. The van der Waals surface area contributed by atoms with E-state index in [4.69, 9.17) is 10.5 Å².